The zero-order valence-electron chi connectivity index (χ0n) is 13.2. The molecule has 0 atom stereocenters. The first-order valence-corrected chi connectivity index (χ1v) is 7.62. The molecule has 0 saturated heterocycles. The van der Waals surface area contributed by atoms with Crippen LogP contribution in [0, 0.1) is 22.7 Å². The Morgan fingerprint density at radius 2 is 1.64 bits per heavy atom. The van der Waals surface area contributed by atoms with Crippen molar-refractivity contribution in [2.45, 2.75) is 0 Å². The van der Waals surface area contributed by atoms with E-state index in [1.165, 1.54) is 6.08 Å². The van der Waals surface area contributed by atoms with Crippen LogP contribution in [0.25, 0.3) is 16.8 Å². The second-order valence-electron chi connectivity index (χ2n) is 5.38. The monoisotopic (exact) mass is 323 g/mol. The van der Waals surface area contributed by atoms with E-state index in [9.17, 15) is 10.1 Å². The minimum atomic E-state index is -0.469. The van der Waals surface area contributed by atoms with Crippen molar-refractivity contribution in [2.75, 3.05) is 5.32 Å². The number of nitriles is 2. The number of nitrogens with zero attached hydrogens (tertiary/aromatic N) is 2. The van der Waals surface area contributed by atoms with Crippen LogP contribution >= 0.6 is 0 Å². The van der Waals surface area contributed by atoms with E-state index in [4.69, 9.17) is 5.26 Å². The van der Waals surface area contributed by atoms with E-state index in [-0.39, 0.29) is 5.57 Å². The lowest BCUT2D eigenvalue weighted by molar-refractivity contribution is -0.112. The summed E-state index contributed by atoms with van der Waals surface area (Å²) in [5.74, 6) is -0.469. The molecule has 0 aliphatic rings. The highest BCUT2D eigenvalue weighted by Crippen LogP contribution is 2.23. The van der Waals surface area contributed by atoms with Crippen LogP contribution in [-0.4, -0.2) is 5.91 Å². The number of carbonyl (C=O) groups excluding carboxylic acids is 1. The van der Waals surface area contributed by atoms with Gasteiger partial charge in [0.05, 0.1) is 11.6 Å². The van der Waals surface area contributed by atoms with Crippen molar-refractivity contribution in [1.29, 1.82) is 10.5 Å². The highest BCUT2D eigenvalue weighted by Gasteiger charge is 2.11. The van der Waals surface area contributed by atoms with Crippen molar-refractivity contribution in [3.05, 3.63) is 83.4 Å². The summed E-state index contributed by atoms with van der Waals surface area (Å²) in [7, 11) is 0. The van der Waals surface area contributed by atoms with E-state index in [1.54, 1.807) is 30.3 Å². The number of benzene rings is 3. The molecule has 0 heterocycles. The van der Waals surface area contributed by atoms with E-state index >= 15 is 0 Å². The lowest BCUT2D eigenvalue weighted by atomic mass is 10.1. The van der Waals surface area contributed by atoms with Crippen molar-refractivity contribution < 1.29 is 4.79 Å². The molecule has 0 saturated carbocycles. The summed E-state index contributed by atoms with van der Waals surface area (Å²) in [6, 6.07) is 24.0. The van der Waals surface area contributed by atoms with Crippen LogP contribution in [0.15, 0.2) is 72.3 Å². The first-order chi connectivity index (χ1) is 12.2. The molecule has 1 amide bonds. The number of rotatable bonds is 3. The fraction of sp³-hybridized carbons (Fsp3) is 0. The molecule has 3 aromatic carbocycles. The summed E-state index contributed by atoms with van der Waals surface area (Å²) in [5, 5.41) is 22.8. The summed E-state index contributed by atoms with van der Waals surface area (Å²) in [4.78, 5) is 12.5. The van der Waals surface area contributed by atoms with Crippen molar-refractivity contribution in [3.63, 3.8) is 0 Å². The van der Waals surface area contributed by atoms with Crippen molar-refractivity contribution >= 4 is 28.4 Å². The van der Waals surface area contributed by atoms with Gasteiger partial charge in [0.25, 0.3) is 5.91 Å². The lowest BCUT2D eigenvalue weighted by Crippen LogP contribution is -2.13. The molecule has 118 valence electrons. The van der Waals surface area contributed by atoms with Crippen LogP contribution in [0.4, 0.5) is 5.69 Å². The van der Waals surface area contributed by atoms with Crippen LogP contribution in [0.2, 0.25) is 0 Å². The molecule has 0 spiro atoms. The Labute approximate surface area is 145 Å². The van der Waals surface area contributed by atoms with Gasteiger partial charge in [0, 0.05) is 11.1 Å². The number of hydrogen-bond donors (Lipinski definition) is 1. The lowest BCUT2D eigenvalue weighted by Gasteiger charge is -2.08. The van der Waals surface area contributed by atoms with Gasteiger partial charge in [-0.15, -0.1) is 0 Å². The third-order valence-corrected chi connectivity index (χ3v) is 3.75. The van der Waals surface area contributed by atoms with Crippen molar-refractivity contribution in [3.8, 4) is 12.1 Å². The summed E-state index contributed by atoms with van der Waals surface area (Å²) >= 11 is 0. The fourth-order valence-electron chi connectivity index (χ4n) is 2.49. The second-order valence-corrected chi connectivity index (χ2v) is 5.38. The number of hydrogen-bond acceptors (Lipinski definition) is 3. The maximum absolute atomic E-state index is 12.5. The van der Waals surface area contributed by atoms with Gasteiger partial charge in [-0.2, -0.15) is 10.5 Å². The summed E-state index contributed by atoms with van der Waals surface area (Å²) in [6.45, 7) is 0. The van der Waals surface area contributed by atoms with Gasteiger partial charge in [-0.1, -0.05) is 48.5 Å². The molecule has 3 aromatic rings. The fourth-order valence-corrected chi connectivity index (χ4v) is 2.49. The minimum Gasteiger partial charge on any atom is -0.321 e. The average molecular weight is 323 g/mol. The van der Waals surface area contributed by atoms with E-state index in [1.807, 2.05) is 48.5 Å². The third kappa shape index (κ3) is 3.55. The first-order valence-electron chi connectivity index (χ1n) is 7.62. The van der Waals surface area contributed by atoms with E-state index in [2.05, 4.69) is 5.32 Å². The molecule has 25 heavy (non-hydrogen) atoms. The standard InChI is InChI=1S/C21H13N3O/c22-13-16-10-8-15(9-11-16)12-18(14-23)21(25)24-20-7-3-5-17-4-1-2-6-19(17)20/h1-12H,(H,24,25)/b18-12-. The summed E-state index contributed by atoms with van der Waals surface area (Å²) in [6.07, 6.45) is 1.50. The zero-order valence-corrected chi connectivity index (χ0v) is 13.2. The van der Waals surface area contributed by atoms with Gasteiger partial charge in [0.15, 0.2) is 0 Å². The normalized spacial score (nSPS) is 10.7. The molecule has 4 nitrogen and oxygen atoms in total. The van der Waals surface area contributed by atoms with Gasteiger partial charge in [0.1, 0.15) is 11.6 Å². The molecule has 0 bridgehead atoms. The van der Waals surface area contributed by atoms with Crippen molar-refractivity contribution in [1.82, 2.24) is 0 Å². The quantitative estimate of drug-likeness (QED) is 0.578. The highest BCUT2D eigenvalue weighted by molar-refractivity contribution is 6.12. The number of nitrogens with one attached hydrogen (secondary N) is 1. The third-order valence-electron chi connectivity index (χ3n) is 3.75. The van der Waals surface area contributed by atoms with Crippen LogP contribution in [0.3, 0.4) is 0 Å². The van der Waals surface area contributed by atoms with Crippen LogP contribution in [-0.2, 0) is 4.79 Å². The van der Waals surface area contributed by atoms with Crippen molar-refractivity contribution in [2.24, 2.45) is 0 Å². The first kappa shape index (κ1) is 16.0. The molecule has 0 radical (unpaired) electrons. The van der Waals surface area contributed by atoms with Crippen LogP contribution in [0.1, 0.15) is 11.1 Å². The predicted molar refractivity (Wildman–Crippen MR) is 97.3 cm³/mol. The SMILES string of the molecule is N#C/C(=C/c1ccc(C#N)cc1)C(=O)Nc1cccc2ccccc12. The Hall–Kier alpha value is -3.89. The van der Waals surface area contributed by atoms with E-state index < -0.39 is 5.91 Å². The van der Waals surface area contributed by atoms with E-state index in [0.717, 1.165) is 10.8 Å². The Kier molecular flexibility index (Phi) is 4.55. The van der Waals surface area contributed by atoms with Gasteiger partial charge in [-0.3, -0.25) is 4.79 Å². The smallest absolute Gasteiger partial charge is 0.266 e. The molecule has 3 rings (SSSR count). The summed E-state index contributed by atoms with van der Waals surface area (Å²) in [5.41, 5.74) is 1.86. The van der Waals surface area contributed by atoms with Gasteiger partial charge in [-0.25, -0.2) is 0 Å². The number of amides is 1. The predicted octanol–water partition coefficient (Wildman–Crippen LogP) is 4.26. The minimum absolute atomic E-state index is 0.00218. The Balaban J connectivity index is 1.88. The number of fused-ring (bicyclic) bond motifs is 1. The van der Waals surface area contributed by atoms with Gasteiger partial charge in [0.2, 0.25) is 0 Å². The molecular formula is C21H13N3O. The highest BCUT2D eigenvalue weighted by atomic mass is 16.1. The summed E-state index contributed by atoms with van der Waals surface area (Å²) < 4.78 is 0. The average Bonchev–Trinajstić information content (AvgIpc) is 2.66. The maximum atomic E-state index is 12.5. The molecule has 0 fully saturated rings. The largest absolute Gasteiger partial charge is 0.321 e. The Morgan fingerprint density at radius 1 is 0.920 bits per heavy atom. The molecule has 0 aromatic heterocycles. The van der Waals surface area contributed by atoms with Gasteiger partial charge in [-0.05, 0) is 35.2 Å². The molecule has 0 aliphatic heterocycles. The topological polar surface area (TPSA) is 76.7 Å². The van der Waals surface area contributed by atoms with Crippen LogP contribution in [0.5, 0.6) is 0 Å². The molecule has 0 aliphatic carbocycles. The molecular weight excluding hydrogens is 310 g/mol. The molecule has 0 unspecified atom stereocenters. The second kappa shape index (κ2) is 7.12. The molecule has 1 N–H and O–H groups in total. The number of carbonyl (C=O) groups is 1. The van der Waals surface area contributed by atoms with Gasteiger partial charge >= 0.3 is 0 Å². The molecule has 4 heteroatoms. The van der Waals surface area contributed by atoms with E-state index in [0.29, 0.717) is 16.8 Å². The van der Waals surface area contributed by atoms with Crippen LogP contribution < -0.4 is 5.32 Å². The maximum Gasteiger partial charge on any atom is 0.266 e. The van der Waals surface area contributed by atoms with Gasteiger partial charge < -0.3 is 5.32 Å². The Bertz CT molecular complexity index is 1050. The Morgan fingerprint density at radius 3 is 2.36 bits per heavy atom. The zero-order chi connectivity index (χ0) is 17.6. The number of anilines is 1.